The Morgan fingerprint density at radius 3 is 2.57 bits per heavy atom. The number of nitrogens with one attached hydrogen (secondary N) is 1. The van der Waals surface area contributed by atoms with E-state index in [1.807, 2.05) is 15.6 Å². The average molecular weight is 385 g/mol. The minimum Gasteiger partial charge on any atom is -0.337 e. The maximum Gasteiger partial charge on any atom is 0.274 e. The molecule has 0 bridgehead atoms. The molecule has 1 aliphatic carbocycles. The zero-order valence-electron chi connectivity index (χ0n) is 17.7. The first-order valence-electron chi connectivity index (χ1n) is 10.6. The van der Waals surface area contributed by atoms with E-state index in [-0.39, 0.29) is 17.4 Å². The molecule has 1 saturated heterocycles. The summed E-state index contributed by atoms with van der Waals surface area (Å²) in [5.41, 5.74) is 1.50. The average Bonchev–Trinajstić information content (AvgIpc) is 3.20. The molecule has 0 unspecified atom stereocenters. The van der Waals surface area contributed by atoms with Gasteiger partial charge in [-0.2, -0.15) is 10.2 Å². The minimum atomic E-state index is -0.152. The van der Waals surface area contributed by atoms with E-state index < -0.39 is 0 Å². The fourth-order valence-corrected chi connectivity index (χ4v) is 3.99. The number of hydrogen-bond acceptors (Lipinski definition) is 4. The van der Waals surface area contributed by atoms with Crippen LogP contribution in [0.4, 0.5) is 0 Å². The topological polar surface area (TPSA) is 79.7 Å². The molecule has 1 saturated carbocycles. The number of H-pyrrole nitrogens is 1. The standard InChI is InChI=1S/C21H32N6O/c1-13(2)17-11-16(25-27(17)21(3,4)5)20(28)26-10-6-7-15(12-26)19-22-18(23-24-19)14-8-9-14/h11,13-15H,6-10,12H2,1-5H3,(H,22,23,24)/t15-/m0/s1. The van der Waals surface area contributed by atoms with Crippen LogP contribution < -0.4 is 0 Å². The van der Waals surface area contributed by atoms with Gasteiger partial charge >= 0.3 is 0 Å². The Bertz CT molecular complexity index is 855. The molecule has 1 aliphatic heterocycles. The van der Waals surface area contributed by atoms with Gasteiger partial charge < -0.3 is 4.90 Å². The molecule has 4 rings (SSSR count). The number of amides is 1. The molecule has 28 heavy (non-hydrogen) atoms. The van der Waals surface area contributed by atoms with Crippen molar-refractivity contribution in [2.45, 2.75) is 83.6 Å². The number of nitrogens with zero attached hydrogens (tertiary/aromatic N) is 5. The first-order chi connectivity index (χ1) is 13.2. The summed E-state index contributed by atoms with van der Waals surface area (Å²) in [5, 5.41) is 12.2. The first-order valence-corrected chi connectivity index (χ1v) is 10.6. The lowest BCUT2D eigenvalue weighted by Crippen LogP contribution is -2.39. The van der Waals surface area contributed by atoms with Crippen LogP contribution in [-0.4, -0.2) is 48.9 Å². The van der Waals surface area contributed by atoms with Crippen molar-refractivity contribution in [1.29, 1.82) is 0 Å². The third-order valence-corrected chi connectivity index (χ3v) is 5.74. The molecular weight excluding hydrogens is 352 g/mol. The van der Waals surface area contributed by atoms with E-state index in [0.717, 1.165) is 36.7 Å². The molecule has 1 N–H and O–H groups in total. The van der Waals surface area contributed by atoms with E-state index in [1.54, 1.807) is 0 Å². The highest BCUT2D eigenvalue weighted by Gasteiger charge is 2.32. The van der Waals surface area contributed by atoms with E-state index >= 15 is 0 Å². The van der Waals surface area contributed by atoms with Gasteiger partial charge in [-0.25, -0.2) is 4.98 Å². The monoisotopic (exact) mass is 384 g/mol. The summed E-state index contributed by atoms with van der Waals surface area (Å²) in [6, 6.07) is 1.97. The van der Waals surface area contributed by atoms with Crippen molar-refractivity contribution in [3.8, 4) is 0 Å². The molecule has 2 aromatic rings. The van der Waals surface area contributed by atoms with E-state index in [0.29, 0.717) is 24.1 Å². The summed E-state index contributed by atoms with van der Waals surface area (Å²) in [5.74, 6) is 2.99. The van der Waals surface area contributed by atoms with Gasteiger partial charge in [-0.05, 0) is 58.4 Å². The van der Waals surface area contributed by atoms with Crippen LogP contribution in [0.25, 0.3) is 0 Å². The summed E-state index contributed by atoms with van der Waals surface area (Å²) in [7, 11) is 0. The normalized spacial score (nSPS) is 20.8. The summed E-state index contributed by atoms with van der Waals surface area (Å²) < 4.78 is 2.00. The number of aromatic nitrogens is 5. The molecule has 0 spiro atoms. The van der Waals surface area contributed by atoms with Crippen molar-refractivity contribution in [2.24, 2.45) is 0 Å². The Morgan fingerprint density at radius 1 is 1.21 bits per heavy atom. The second-order valence-corrected chi connectivity index (χ2v) is 9.64. The number of carbonyl (C=O) groups is 1. The Balaban J connectivity index is 1.52. The Labute approximate surface area is 166 Å². The van der Waals surface area contributed by atoms with Crippen LogP contribution in [0.1, 0.15) is 106 Å². The zero-order valence-corrected chi connectivity index (χ0v) is 17.7. The predicted molar refractivity (Wildman–Crippen MR) is 108 cm³/mol. The first kappa shape index (κ1) is 19.2. The van der Waals surface area contributed by atoms with Gasteiger partial charge in [0.25, 0.3) is 5.91 Å². The number of rotatable bonds is 4. The van der Waals surface area contributed by atoms with Crippen LogP contribution in [-0.2, 0) is 5.54 Å². The van der Waals surface area contributed by atoms with E-state index in [2.05, 4.69) is 44.8 Å². The Hall–Kier alpha value is -2.18. The van der Waals surface area contributed by atoms with Gasteiger partial charge in [0.05, 0.1) is 5.54 Å². The molecule has 0 radical (unpaired) electrons. The molecule has 2 aliphatic rings. The SMILES string of the molecule is CC(C)c1cc(C(=O)N2CCC[C@H](c3n[nH]c(C4CC4)n3)C2)nn1C(C)(C)C. The number of aromatic amines is 1. The summed E-state index contributed by atoms with van der Waals surface area (Å²) >= 11 is 0. The van der Waals surface area contributed by atoms with Crippen molar-refractivity contribution in [2.75, 3.05) is 13.1 Å². The summed E-state index contributed by atoms with van der Waals surface area (Å²) in [6.07, 6.45) is 4.41. The van der Waals surface area contributed by atoms with Gasteiger partial charge in [0, 0.05) is 30.6 Å². The zero-order chi connectivity index (χ0) is 20.1. The van der Waals surface area contributed by atoms with Crippen LogP contribution in [0.2, 0.25) is 0 Å². The van der Waals surface area contributed by atoms with E-state index in [1.165, 1.54) is 12.8 Å². The highest BCUT2D eigenvalue weighted by atomic mass is 16.2. The maximum absolute atomic E-state index is 13.2. The van der Waals surface area contributed by atoms with Gasteiger partial charge in [0.1, 0.15) is 5.82 Å². The quantitative estimate of drug-likeness (QED) is 0.870. The predicted octanol–water partition coefficient (Wildman–Crippen LogP) is 3.78. The largest absolute Gasteiger partial charge is 0.337 e. The van der Waals surface area contributed by atoms with Gasteiger partial charge in [-0.1, -0.05) is 13.8 Å². The van der Waals surface area contributed by atoms with Crippen LogP contribution in [0.15, 0.2) is 6.07 Å². The number of likely N-dealkylation sites (tertiary alicyclic amines) is 1. The molecule has 7 heteroatoms. The third-order valence-electron chi connectivity index (χ3n) is 5.74. The van der Waals surface area contributed by atoms with Crippen molar-refractivity contribution >= 4 is 5.91 Å². The smallest absolute Gasteiger partial charge is 0.274 e. The lowest BCUT2D eigenvalue weighted by Gasteiger charge is -2.31. The molecule has 1 atom stereocenters. The van der Waals surface area contributed by atoms with Crippen LogP contribution in [0.3, 0.4) is 0 Å². The fourth-order valence-electron chi connectivity index (χ4n) is 3.99. The second kappa shape index (κ2) is 7.01. The lowest BCUT2D eigenvalue weighted by molar-refractivity contribution is 0.0697. The highest BCUT2D eigenvalue weighted by Crippen LogP contribution is 2.38. The van der Waals surface area contributed by atoms with Gasteiger partial charge in [0.15, 0.2) is 11.5 Å². The van der Waals surface area contributed by atoms with Crippen molar-refractivity contribution in [3.05, 3.63) is 29.1 Å². The van der Waals surface area contributed by atoms with Crippen LogP contribution in [0.5, 0.6) is 0 Å². The van der Waals surface area contributed by atoms with Crippen molar-refractivity contribution in [3.63, 3.8) is 0 Å². The molecular formula is C21H32N6O. The minimum absolute atomic E-state index is 0.0209. The van der Waals surface area contributed by atoms with E-state index in [9.17, 15) is 4.79 Å². The number of carbonyl (C=O) groups excluding carboxylic acids is 1. The van der Waals surface area contributed by atoms with Crippen LogP contribution >= 0.6 is 0 Å². The Kier molecular flexibility index (Phi) is 4.79. The molecule has 3 heterocycles. The molecule has 7 nitrogen and oxygen atoms in total. The number of piperidine rings is 1. The van der Waals surface area contributed by atoms with Crippen molar-refractivity contribution in [1.82, 2.24) is 29.9 Å². The second-order valence-electron chi connectivity index (χ2n) is 9.64. The molecule has 2 fully saturated rings. The van der Waals surface area contributed by atoms with Gasteiger partial charge in [-0.15, -0.1) is 0 Å². The lowest BCUT2D eigenvalue weighted by atomic mass is 9.97. The molecule has 152 valence electrons. The van der Waals surface area contributed by atoms with Crippen molar-refractivity contribution < 1.29 is 4.79 Å². The highest BCUT2D eigenvalue weighted by molar-refractivity contribution is 5.92. The van der Waals surface area contributed by atoms with E-state index in [4.69, 9.17) is 10.1 Å². The summed E-state index contributed by atoms with van der Waals surface area (Å²) in [4.78, 5) is 19.9. The summed E-state index contributed by atoms with van der Waals surface area (Å²) in [6.45, 7) is 12.1. The number of hydrogen-bond donors (Lipinski definition) is 1. The van der Waals surface area contributed by atoms with Gasteiger partial charge in [0.2, 0.25) is 0 Å². The third kappa shape index (κ3) is 3.71. The molecule has 0 aromatic carbocycles. The Morgan fingerprint density at radius 2 is 1.96 bits per heavy atom. The fraction of sp³-hybridized carbons (Fsp3) is 0.714. The van der Waals surface area contributed by atoms with Crippen LogP contribution in [0, 0.1) is 0 Å². The molecule has 2 aromatic heterocycles. The molecule has 1 amide bonds. The maximum atomic E-state index is 13.2. The van der Waals surface area contributed by atoms with Gasteiger partial charge in [-0.3, -0.25) is 14.6 Å².